The van der Waals surface area contributed by atoms with Crippen LogP contribution in [-0.2, 0) is 4.74 Å². The molecule has 0 bridgehead atoms. The fourth-order valence-electron chi connectivity index (χ4n) is 0.812. The van der Waals surface area contributed by atoms with E-state index in [4.69, 9.17) is 5.73 Å². The van der Waals surface area contributed by atoms with E-state index < -0.39 is 11.7 Å². The van der Waals surface area contributed by atoms with Gasteiger partial charge in [0.05, 0.1) is 0 Å². The van der Waals surface area contributed by atoms with Gasteiger partial charge in [0.1, 0.15) is 5.60 Å². The molecule has 1 heterocycles. The van der Waals surface area contributed by atoms with E-state index in [-0.39, 0.29) is 0 Å². The van der Waals surface area contributed by atoms with Crippen molar-refractivity contribution in [3.05, 3.63) is 0 Å². The molecular weight excluding hydrogens is 186 g/mol. The highest BCUT2D eigenvalue weighted by atomic mass is 32.2. The number of rotatable bonds is 0. The lowest BCUT2D eigenvalue weighted by atomic mass is 10.2. The largest absolute Gasteiger partial charge is 0.444 e. The predicted octanol–water partition coefficient (Wildman–Crippen LogP) is 2.39. The normalized spacial score (nSPS) is 15.9. The van der Waals surface area contributed by atoms with Crippen molar-refractivity contribution in [2.45, 2.75) is 39.2 Å². The summed E-state index contributed by atoms with van der Waals surface area (Å²) in [5, 5.41) is 0. The summed E-state index contributed by atoms with van der Waals surface area (Å²) in [5.74, 6) is 2.83. The molecule has 3 nitrogen and oxygen atoms in total. The molecule has 0 aromatic heterocycles. The van der Waals surface area contributed by atoms with Crippen LogP contribution < -0.4 is 5.73 Å². The monoisotopic (exact) mass is 205 g/mol. The Bertz CT molecular complexity index is 143. The van der Waals surface area contributed by atoms with Crippen LogP contribution in [0.4, 0.5) is 4.79 Å². The van der Waals surface area contributed by atoms with Crippen LogP contribution in [0.3, 0.4) is 0 Å². The van der Waals surface area contributed by atoms with Crippen molar-refractivity contribution in [3.63, 3.8) is 0 Å². The van der Waals surface area contributed by atoms with Crippen LogP contribution >= 0.6 is 11.8 Å². The minimum absolute atomic E-state index is 0.453. The molecule has 1 aliphatic rings. The minimum Gasteiger partial charge on any atom is -0.444 e. The Balaban J connectivity index is 0.000000243. The SMILES string of the molecule is C1CCSC1.CC(C)(C)OC(N)=O. The van der Waals surface area contributed by atoms with Gasteiger partial charge in [0, 0.05) is 0 Å². The van der Waals surface area contributed by atoms with Crippen molar-refractivity contribution in [1.82, 2.24) is 0 Å². The van der Waals surface area contributed by atoms with Gasteiger partial charge >= 0.3 is 6.09 Å². The standard InChI is InChI=1S/C5H11NO2.C4H8S/c1-5(2,3)8-4(6)7;1-2-4-5-3-1/h1-3H3,(H2,6,7);1-4H2. The third-order valence-electron chi connectivity index (χ3n) is 1.23. The summed E-state index contributed by atoms with van der Waals surface area (Å²) in [6.45, 7) is 5.28. The van der Waals surface area contributed by atoms with E-state index >= 15 is 0 Å². The first-order valence-electron chi connectivity index (χ1n) is 4.48. The molecule has 0 aliphatic carbocycles. The van der Waals surface area contributed by atoms with Crippen molar-refractivity contribution in [2.24, 2.45) is 5.73 Å². The van der Waals surface area contributed by atoms with Gasteiger partial charge in [-0.25, -0.2) is 4.79 Å². The summed E-state index contributed by atoms with van der Waals surface area (Å²) in [5.41, 5.74) is 4.26. The summed E-state index contributed by atoms with van der Waals surface area (Å²) in [7, 11) is 0. The van der Waals surface area contributed by atoms with Crippen molar-refractivity contribution in [3.8, 4) is 0 Å². The van der Waals surface area contributed by atoms with E-state index in [2.05, 4.69) is 16.5 Å². The van der Waals surface area contributed by atoms with E-state index in [1.165, 1.54) is 24.3 Å². The average Bonchev–Trinajstić information content (AvgIpc) is 2.33. The van der Waals surface area contributed by atoms with Gasteiger partial charge in [0.15, 0.2) is 0 Å². The third-order valence-corrected chi connectivity index (χ3v) is 2.39. The van der Waals surface area contributed by atoms with E-state index in [9.17, 15) is 4.79 Å². The van der Waals surface area contributed by atoms with Gasteiger partial charge in [0.25, 0.3) is 0 Å². The summed E-state index contributed by atoms with van der Waals surface area (Å²) in [6.07, 6.45) is 2.20. The van der Waals surface area contributed by atoms with Gasteiger partial charge in [-0.2, -0.15) is 11.8 Å². The minimum atomic E-state index is -0.725. The molecular formula is C9H19NO2S. The molecule has 1 amide bonds. The molecule has 13 heavy (non-hydrogen) atoms. The maximum atomic E-state index is 10.0. The molecule has 0 aromatic carbocycles. The van der Waals surface area contributed by atoms with Crippen LogP contribution in [0.15, 0.2) is 0 Å². The lowest BCUT2D eigenvalue weighted by Crippen LogP contribution is -2.27. The van der Waals surface area contributed by atoms with Crippen molar-refractivity contribution >= 4 is 17.9 Å². The zero-order valence-corrected chi connectivity index (χ0v) is 9.45. The molecule has 1 saturated heterocycles. The Kier molecular flexibility index (Phi) is 5.95. The highest BCUT2D eigenvalue weighted by Crippen LogP contribution is 2.14. The number of hydrogen-bond acceptors (Lipinski definition) is 3. The Morgan fingerprint density at radius 3 is 1.85 bits per heavy atom. The van der Waals surface area contributed by atoms with Crippen LogP contribution in [0.1, 0.15) is 33.6 Å². The van der Waals surface area contributed by atoms with Gasteiger partial charge < -0.3 is 10.5 Å². The van der Waals surface area contributed by atoms with Gasteiger partial charge in [-0.3, -0.25) is 0 Å². The summed E-state index contributed by atoms with van der Waals surface area (Å²) >= 11 is 2.07. The van der Waals surface area contributed by atoms with Gasteiger partial charge in [-0.05, 0) is 45.1 Å². The van der Waals surface area contributed by atoms with Crippen molar-refractivity contribution in [1.29, 1.82) is 0 Å². The fourth-order valence-corrected chi connectivity index (χ4v) is 1.83. The maximum absolute atomic E-state index is 10.0. The predicted molar refractivity (Wildman–Crippen MR) is 57.0 cm³/mol. The van der Waals surface area contributed by atoms with Gasteiger partial charge in [-0.1, -0.05) is 0 Å². The second-order valence-corrected chi connectivity index (χ2v) is 5.08. The molecule has 1 aliphatic heterocycles. The molecule has 0 aromatic rings. The quantitative estimate of drug-likeness (QED) is 0.660. The second kappa shape index (κ2) is 6.13. The van der Waals surface area contributed by atoms with E-state index in [1.54, 1.807) is 20.8 Å². The number of thioether (sulfide) groups is 1. The lowest BCUT2D eigenvalue weighted by molar-refractivity contribution is 0.0600. The first kappa shape index (κ1) is 12.6. The van der Waals surface area contributed by atoms with E-state index in [0.29, 0.717) is 0 Å². The molecule has 1 fully saturated rings. The average molecular weight is 205 g/mol. The second-order valence-electron chi connectivity index (χ2n) is 3.85. The maximum Gasteiger partial charge on any atom is 0.405 e. The van der Waals surface area contributed by atoms with Gasteiger partial charge in [0.2, 0.25) is 0 Å². The number of hydrogen-bond donors (Lipinski definition) is 1. The number of primary amides is 1. The zero-order valence-electron chi connectivity index (χ0n) is 8.63. The zero-order chi connectivity index (χ0) is 10.3. The van der Waals surface area contributed by atoms with Crippen molar-refractivity contribution < 1.29 is 9.53 Å². The number of carbonyl (C=O) groups excluding carboxylic acids is 1. The van der Waals surface area contributed by atoms with Crippen molar-refractivity contribution in [2.75, 3.05) is 11.5 Å². The summed E-state index contributed by atoms with van der Waals surface area (Å²) in [4.78, 5) is 10.0. The van der Waals surface area contributed by atoms with Crippen LogP contribution in [0.5, 0.6) is 0 Å². The molecule has 2 N–H and O–H groups in total. The molecule has 78 valence electrons. The first-order valence-corrected chi connectivity index (χ1v) is 5.63. The van der Waals surface area contributed by atoms with Crippen LogP contribution in [0, 0.1) is 0 Å². The van der Waals surface area contributed by atoms with Gasteiger partial charge in [-0.15, -0.1) is 0 Å². The molecule has 0 atom stereocenters. The van der Waals surface area contributed by atoms with Crippen LogP contribution in [0.2, 0.25) is 0 Å². The summed E-state index contributed by atoms with van der Waals surface area (Å²) in [6, 6.07) is 0. The highest BCUT2D eigenvalue weighted by Gasteiger charge is 2.12. The number of carbonyl (C=O) groups is 1. The molecule has 0 unspecified atom stereocenters. The van der Waals surface area contributed by atoms with Crippen LogP contribution in [0.25, 0.3) is 0 Å². The highest BCUT2D eigenvalue weighted by molar-refractivity contribution is 7.99. The molecule has 1 rings (SSSR count). The Morgan fingerprint density at radius 1 is 1.31 bits per heavy atom. The number of amides is 1. The van der Waals surface area contributed by atoms with E-state index in [1.807, 2.05) is 0 Å². The Hall–Kier alpha value is -0.380. The summed E-state index contributed by atoms with van der Waals surface area (Å²) < 4.78 is 4.58. The third kappa shape index (κ3) is 11.6. The molecule has 0 spiro atoms. The number of ether oxygens (including phenoxy) is 1. The molecule has 4 heteroatoms. The Morgan fingerprint density at radius 2 is 1.77 bits per heavy atom. The smallest absolute Gasteiger partial charge is 0.405 e. The lowest BCUT2D eigenvalue weighted by Gasteiger charge is -2.16. The molecule has 0 radical (unpaired) electrons. The Labute approximate surface area is 84.4 Å². The molecule has 0 saturated carbocycles. The van der Waals surface area contributed by atoms with E-state index in [0.717, 1.165) is 0 Å². The van der Waals surface area contributed by atoms with Crippen LogP contribution in [-0.4, -0.2) is 23.2 Å². The first-order chi connectivity index (χ1) is 5.92. The topological polar surface area (TPSA) is 52.3 Å². The fraction of sp³-hybridized carbons (Fsp3) is 0.889. The number of nitrogens with two attached hydrogens (primary N) is 1.